The van der Waals surface area contributed by atoms with Crippen LogP contribution in [0.15, 0.2) is 42.1 Å². The summed E-state index contributed by atoms with van der Waals surface area (Å²) in [4.78, 5) is 4.72. The van der Waals surface area contributed by atoms with Crippen molar-refractivity contribution in [1.82, 2.24) is 19.7 Å². The van der Waals surface area contributed by atoms with E-state index in [1.54, 1.807) is 11.8 Å². The van der Waals surface area contributed by atoms with Gasteiger partial charge in [0.15, 0.2) is 5.65 Å². The Kier molecular flexibility index (Phi) is 3.92. The monoisotopic (exact) mass is 298 g/mol. The lowest BCUT2D eigenvalue weighted by molar-refractivity contribution is 0.819. The predicted octanol–water partition coefficient (Wildman–Crippen LogP) is 4.06. The lowest BCUT2D eigenvalue weighted by Gasteiger charge is -2.06. The quantitative estimate of drug-likeness (QED) is 0.526. The Morgan fingerprint density at radius 1 is 1.33 bits per heavy atom. The van der Waals surface area contributed by atoms with E-state index < -0.39 is 0 Å². The second kappa shape index (κ2) is 5.85. The zero-order chi connectivity index (χ0) is 14.8. The van der Waals surface area contributed by atoms with Crippen molar-refractivity contribution in [2.45, 2.75) is 37.2 Å². The van der Waals surface area contributed by atoms with E-state index >= 15 is 0 Å². The van der Waals surface area contributed by atoms with Gasteiger partial charge in [0.05, 0.1) is 5.52 Å². The van der Waals surface area contributed by atoms with Gasteiger partial charge in [0, 0.05) is 17.2 Å². The van der Waals surface area contributed by atoms with Crippen molar-refractivity contribution in [2.24, 2.45) is 0 Å². The van der Waals surface area contributed by atoms with Gasteiger partial charge >= 0.3 is 0 Å². The van der Waals surface area contributed by atoms with Crippen LogP contribution in [-0.2, 0) is 6.54 Å². The van der Waals surface area contributed by atoms with Crippen LogP contribution < -0.4 is 0 Å². The van der Waals surface area contributed by atoms with Crippen molar-refractivity contribution in [3.63, 3.8) is 0 Å². The molecule has 0 saturated heterocycles. The van der Waals surface area contributed by atoms with Gasteiger partial charge in [0.1, 0.15) is 5.52 Å². The van der Waals surface area contributed by atoms with Gasteiger partial charge in [-0.05, 0) is 12.5 Å². The molecule has 0 aliphatic heterocycles. The van der Waals surface area contributed by atoms with Crippen LogP contribution in [-0.4, -0.2) is 25.0 Å². The van der Waals surface area contributed by atoms with Crippen LogP contribution in [0.25, 0.3) is 22.1 Å². The van der Waals surface area contributed by atoms with Crippen LogP contribution in [0.5, 0.6) is 0 Å². The highest BCUT2D eigenvalue weighted by atomic mass is 32.2. The molecule has 3 rings (SSSR count). The number of allylic oxidation sites excluding steroid dienone is 1. The number of hydrogen-bond acceptors (Lipinski definition) is 4. The van der Waals surface area contributed by atoms with Gasteiger partial charge in [-0.25, -0.2) is 4.98 Å². The zero-order valence-electron chi connectivity index (χ0n) is 12.3. The molecule has 2 heterocycles. The first-order chi connectivity index (χ1) is 10.2. The molecular formula is C16H18N4S. The molecule has 0 aliphatic carbocycles. The van der Waals surface area contributed by atoms with Gasteiger partial charge in [-0.1, -0.05) is 49.9 Å². The summed E-state index contributed by atoms with van der Waals surface area (Å²) in [6.45, 7) is 8.90. The zero-order valence-corrected chi connectivity index (χ0v) is 13.1. The van der Waals surface area contributed by atoms with Crippen LogP contribution in [0.2, 0.25) is 0 Å². The average Bonchev–Trinajstić information content (AvgIpc) is 2.82. The van der Waals surface area contributed by atoms with Crippen LogP contribution in [0.4, 0.5) is 0 Å². The number of nitrogens with zero attached hydrogens (tertiary/aromatic N) is 4. The van der Waals surface area contributed by atoms with Gasteiger partial charge in [-0.15, -0.1) is 16.8 Å². The first-order valence-corrected chi connectivity index (χ1v) is 8.01. The van der Waals surface area contributed by atoms with E-state index in [0.29, 0.717) is 5.25 Å². The molecule has 1 aromatic carbocycles. The van der Waals surface area contributed by atoms with E-state index in [4.69, 9.17) is 4.98 Å². The third-order valence-electron chi connectivity index (χ3n) is 3.55. The number of benzene rings is 1. The first-order valence-electron chi connectivity index (χ1n) is 7.13. The molecule has 0 spiro atoms. The summed E-state index contributed by atoms with van der Waals surface area (Å²) in [6.07, 6.45) is 2.97. The van der Waals surface area contributed by atoms with Crippen molar-refractivity contribution in [3.05, 3.63) is 36.9 Å². The second-order valence-corrected chi connectivity index (χ2v) is 6.43. The molecule has 108 valence electrons. The molecule has 0 bridgehead atoms. The molecule has 21 heavy (non-hydrogen) atoms. The topological polar surface area (TPSA) is 43.6 Å². The van der Waals surface area contributed by atoms with E-state index in [9.17, 15) is 0 Å². The maximum absolute atomic E-state index is 4.72. The molecule has 3 aromatic rings. The number of thioether (sulfide) groups is 1. The first kappa shape index (κ1) is 14.1. The molecule has 0 fully saturated rings. The van der Waals surface area contributed by atoms with Crippen molar-refractivity contribution in [3.8, 4) is 0 Å². The Bertz CT molecular complexity index is 793. The molecule has 4 nitrogen and oxygen atoms in total. The summed E-state index contributed by atoms with van der Waals surface area (Å²) in [7, 11) is 0. The number of aromatic nitrogens is 4. The predicted molar refractivity (Wildman–Crippen MR) is 88.6 cm³/mol. The molecule has 0 amide bonds. The summed E-state index contributed by atoms with van der Waals surface area (Å²) in [5.74, 6) is 0. The molecule has 0 N–H and O–H groups in total. The number of fused-ring (bicyclic) bond motifs is 3. The Morgan fingerprint density at radius 3 is 2.90 bits per heavy atom. The second-order valence-electron chi connectivity index (χ2n) is 5.02. The van der Waals surface area contributed by atoms with E-state index in [0.717, 1.165) is 40.2 Å². The summed E-state index contributed by atoms with van der Waals surface area (Å²) in [5, 5.41) is 11.0. The molecule has 2 aromatic heterocycles. The average molecular weight is 298 g/mol. The van der Waals surface area contributed by atoms with Crippen LogP contribution in [0, 0.1) is 0 Å². The molecular weight excluding hydrogens is 280 g/mol. The number of hydrogen-bond donors (Lipinski definition) is 0. The fraction of sp³-hybridized carbons (Fsp3) is 0.312. The lowest BCUT2D eigenvalue weighted by Crippen LogP contribution is -2.01. The molecule has 0 aliphatic rings. The number of rotatable bonds is 5. The van der Waals surface area contributed by atoms with Gasteiger partial charge < -0.3 is 4.57 Å². The van der Waals surface area contributed by atoms with Crippen molar-refractivity contribution < 1.29 is 0 Å². The minimum Gasteiger partial charge on any atom is -0.320 e. The maximum atomic E-state index is 4.72. The molecule has 0 saturated carbocycles. The van der Waals surface area contributed by atoms with E-state index in [-0.39, 0.29) is 0 Å². The fourth-order valence-corrected chi connectivity index (χ4v) is 3.07. The largest absolute Gasteiger partial charge is 0.320 e. The highest BCUT2D eigenvalue weighted by Crippen LogP contribution is 2.28. The SMILES string of the molecule is C=CCn1c2ccccc2c2nnc(SC(C)CC)nc21. The van der Waals surface area contributed by atoms with Crippen molar-refractivity contribution >= 4 is 33.8 Å². The normalized spacial score (nSPS) is 12.9. The Balaban J connectivity index is 2.21. The summed E-state index contributed by atoms with van der Waals surface area (Å²) >= 11 is 1.67. The van der Waals surface area contributed by atoms with E-state index in [2.05, 4.69) is 47.3 Å². The summed E-state index contributed by atoms with van der Waals surface area (Å²) in [6, 6.07) is 8.20. The third-order valence-corrected chi connectivity index (χ3v) is 4.67. The van der Waals surface area contributed by atoms with Crippen molar-refractivity contribution in [1.29, 1.82) is 0 Å². The van der Waals surface area contributed by atoms with Gasteiger partial charge in [-0.2, -0.15) is 0 Å². The summed E-state index contributed by atoms with van der Waals surface area (Å²) in [5.41, 5.74) is 2.87. The fourth-order valence-electron chi connectivity index (χ4n) is 2.32. The van der Waals surface area contributed by atoms with Gasteiger partial charge in [-0.3, -0.25) is 0 Å². The van der Waals surface area contributed by atoms with Gasteiger partial charge in [0.25, 0.3) is 0 Å². The van der Waals surface area contributed by atoms with Crippen LogP contribution >= 0.6 is 11.8 Å². The molecule has 5 heteroatoms. The molecule has 0 radical (unpaired) electrons. The van der Waals surface area contributed by atoms with Crippen molar-refractivity contribution in [2.75, 3.05) is 0 Å². The third kappa shape index (κ3) is 2.53. The lowest BCUT2D eigenvalue weighted by atomic mass is 10.2. The minimum absolute atomic E-state index is 0.487. The number of para-hydroxylation sites is 1. The van der Waals surface area contributed by atoms with Crippen LogP contribution in [0.1, 0.15) is 20.3 Å². The maximum Gasteiger partial charge on any atom is 0.211 e. The van der Waals surface area contributed by atoms with Crippen LogP contribution in [0.3, 0.4) is 0 Å². The summed E-state index contributed by atoms with van der Waals surface area (Å²) < 4.78 is 2.15. The minimum atomic E-state index is 0.487. The highest BCUT2D eigenvalue weighted by Gasteiger charge is 2.14. The molecule has 1 unspecified atom stereocenters. The Morgan fingerprint density at radius 2 is 2.14 bits per heavy atom. The standard InChI is InChI=1S/C16H18N4S/c1-4-10-20-13-9-7-6-8-12(13)14-15(20)17-16(19-18-14)21-11(3)5-2/h4,6-9,11H,1,5,10H2,2-3H3. The molecule has 1 atom stereocenters. The smallest absolute Gasteiger partial charge is 0.211 e. The van der Waals surface area contributed by atoms with Gasteiger partial charge in [0.2, 0.25) is 5.16 Å². The highest BCUT2D eigenvalue weighted by molar-refractivity contribution is 7.99. The van der Waals surface area contributed by atoms with E-state index in [1.165, 1.54) is 0 Å². The van der Waals surface area contributed by atoms with E-state index in [1.807, 2.05) is 18.2 Å². The Hall–Kier alpha value is -1.88. The Labute approximate surface area is 128 Å².